The van der Waals surface area contributed by atoms with Gasteiger partial charge in [0, 0.05) is 12.2 Å². The van der Waals surface area contributed by atoms with Gasteiger partial charge in [-0.1, -0.05) is 19.8 Å². The molecule has 0 aliphatic carbocycles. The van der Waals surface area contributed by atoms with Gasteiger partial charge in [0.15, 0.2) is 0 Å². The van der Waals surface area contributed by atoms with E-state index in [0.29, 0.717) is 12.3 Å². The molecular weight excluding hydrogens is 292 g/mol. The van der Waals surface area contributed by atoms with Gasteiger partial charge >= 0.3 is 6.09 Å². The predicted octanol–water partition coefficient (Wildman–Crippen LogP) is 4.19. The van der Waals surface area contributed by atoms with E-state index in [1.165, 1.54) is 19.3 Å². The van der Waals surface area contributed by atoms with Crippen molar-refractivity contribution in [3.05, 3.63) is 24.3 Å². The maximum atomic E-state index is 11.7. The summed E-state index contributed by atoms with van der Waals surface area (Å²) in [5, 5.41) is 6.04. The van der Waals surface area contributed by atoms with Gasteiger partial charge in [0.2, 0.25) is 0 Å². The van der Waals surface area contributed by atoms with Gasteiger partial charge in [-0.3, -0.25) is 5.32 Å². The van der Waals surface area contributed by atoms with Crippen LogP contribution in [0.2, 0.25) is 0 Å². The molecule has 1 aromatic rings. The first-order chi connectivity index (χ1) is 10.9. The Morgan fingerprint density at radius 1 is 1.09 bits per heavy atom. The molecule has 0 saturated carbocycles. The molecule has 23 heavy (non-hydrogen) atoms. The fourth-order valence-electron chi connectivity index (χ4n) is 1.92. The molecular formula is C18H30N2O3. The molecule has 0 unspecified atom stereocenters. The second kappa shape index (κ2) is 10.1. The molecule has 1 aromatic carbocycles. The zero-order valence-corrected chi connectivity index (χ0v) is 14.8. The Bertz CT molecular complexity index is 452. The van der Waals surface area contributed by atoms with Crippen molar-refractivity contribution in [3.63, 3.8) is 0 Å². The smallest absolute Gasteiger partial charge is 0.412 e. The SMILES string of the molecule is CCCCCNCCOc1ccc(NC(=O)OC(C)(C)C)cc1. The topological polar surface area (TPSA) is 59.6 Å². The molecule has 130 valence electrons. The number of ether oxygens (including phenoxy) is 2. The highest BCUT2D eigenvalue weighted by atomic mass is 16.6. The summed E-state index contributed by atoms with van der Waals surface area (Å²) in [4.78, 5) is 11.7. The minimum Gasteiger partial charge on any atom is -0.492 e. The summed E-state index contributed by atoms with van der Waals surface area (Å²) in [6, 6.07) is 7.27. The summed E-state index contributed by atoms with van der Waals surface area (Å²) in [5.41, 5.74) is 0.182. The summed E-state index contributed by atoms with van der Waals surface area (Å²) in [5.74, 6) is 0.787. The van der Waals surface area contributed by atoms with Crippen LogP contribution in [0.3, 0.4) is 0 Å². The van der Waals surface area contributed by atoms with Gasteiger partial charge in [0.05, 0.1) is 0 Å². The van der Waals surface area contributed by atoms with Crippen molar-refractivity contribution in [1.82, 2.24) is 5.32 Å². The van der Waals surface area contributed by atoms with Gasteiger partial charge in [-0.2, -0.15) is 0 Å². The zero-order valence-electron chi connectivity index (χ0n) is 14.8. The number of hydrogen-bond donors (Lipinski definition) is 2. The molecule has 0 aliphatic heterocycles. The average molecular weight is 322 g/mol. The molecule has 0 aliphatic rings. The maximum Gasteiger partial charge on any atom is 0.412 e. The lowest BCUT2D eigenvalue weighted by molar-refractivity contribution is 0.0636. The lowest BCUT2D eigenvalue weighted by Crippen LogP contribution is -2.27. The number of carbonyl (C=O) groups is 1. The number of nitrogens with one attached hydrogen (secondary N) is 2. The quantitative estimate of drug-likeness (QED) is 0.669. The average Bonchev–Trinajstić information content (AvgIpc) is 2.46. The van der Waals surface area contributed by atoms with Crippen LogP contribution in [-0.2, 0) is 4.74 Å². The van der Waals surface area contributed by atoms with Gasteiger partial charge in [-0.05, 0) is 58.0 Å². The van der Waals surface area contributed by atoms with Crippen LogP contribution in [0.15, 0.2) is 24.3 Å². The molecule has 0 fully saturated rings. The minimum atomic E-state index is -0.503. The van der Waals surface area contributed by atoms with Crippen molar-refractivity contribution in [2.24, 2.45) is 0 Å². The van der Waals surface area contributed by atoms with Crippen LogP contribution in [0.4, 0.5) is 10.5 Å². The fourth-order valence-corrected chi connectivity index (χ4v) is 1.92. The second-order valence-corrected chi connectivity index (χ2v) is 6.46. The van der Waals surface area contributed by atoms with Crippen molar-refractivity contribution in [2.75, 3.05) is 25.0 Å². The van der Waals surface area contributed by atoms with E-state index in [2.05, 4.69) is 17.6 Å². The Labute approximate surface area is 139 Å². The van der Waals surface area contributed by atoms with Gasteiger partial charge in [0.25, 0.3) is 0 Å². The monoisotopic (exact) mass is 322 g/mol. The standard InChI is InChI=1S/C18H30N2O3/c1-5-6-7-12-19-13-14-22-16-10-8-15(9-11-16)20-17(21)23-18(2,3)4/h8-11,19H,5-7,12-14H2,1-4H3,(H,20,21). The van der Waals surface area contributed by atoms with E-state index >= 15 is 0 Å². The van der Waals surface area contributed by atoms with E-state index in [1.54, 1.807) is 12.1 Å². The van der Waals surface area contributed by atoms with Crippen LogP contribution >= 0.6 is 0 Å². The summed E-state index contributed by atoms with van der Waals surface area (Å²) < 4.78 is 10.8. The molecule has 2 N–H and O–H groups in total. The highest BCUT2D eigenvalue weighted by Crippen LogP contribution is 2.16. The molecule has 0 saturated heterocycles. The third-order valence-corrected chi connectivity index (χ3v) is 3.00. The summed E-state index contributed by atoms with van der Waals surface area (Å²) >= 11 is 0. The number of unbranched alkanes of at least 4 members (excludes halogenated alkanes) is 2. The Kier molecular flexibility index (Phi) is 8.48. The highest BCUT2D eigenvalue weighted by molar-refractivity contribution is 5.84. The first-order valence-corrected chi connectivity index (χ1v) is 8.34. The Morgan fingerprint density at radius 3 is 2.39 bits per heavy atom. The van der Waals surface area contributed by atoms with E-state index in [1.807, 2.05) is 32.9 Å². The van der Waals surface area contributed by atoms with Crippen LogP contribution in [0, 0.1) is 0 Å². The van der Waals surface area contributed by atoms with Crippen LogP contribution in [0.25, 0.3) is 0 Å². The normalized spacial score (nSPS) is 11.1. The zero-order chi connectivity index (χ0) is 17.1. The first kappa shape index (κ1) is 19.3. The predicted molar refractivity (Wildman–Crippen MR) is 94.2 cm³/mol. The van der Waals surface area contributed by atoms with Crippen LogP contribution in [0.5, 0.6) is 5.75 Å². The van der Waals surface area contributed by atoms with Crippen LogP contribution < -0.4 is 15.4 Å². The number of anilines is 1. The lowest BCUT2D eigenvalue weighted by atomic mass is 10.2. The van der Waals surface area contributed by atoms with Gasteiger partial charge in [-0.15, -0.1) is 0 Å². The van der Waals surface area contributed by atoms with E-state index in [-0.39, 0.29) is 0 Å². The number of hydrogen-bond acceptors (Lipinski definition) is 4. The van der Waals surface area contributed by atoms with Gasteiger partial charge in [-0.25, -0.2) is 4.79 Å². The molecule has 0 atom stereocenters. The molecule has 0 bridgehead atoms. The molecule has 0 aromatic heterocycles. The van der Waals surface area contributed by atoms with E-state index < -0.39 is 11.7 Å². The van der Waals surface area contributed by atoms with Crippen molar-refractivity contribution < 1.29 is 14.3 Å². The third-order valence-electron chi connectivity index (χ3n) is 3.00. The molecule has 0 spiro atoms. The van der Waals surface area contributed by atoms with Crippen molar-refractivity contribution in [1.29, 1.82) is 0 Å². The molecule has 5 nitrogen and oxygen atoms in total. The number of carbonyl (C=O) groups excluding carboxylic acids is 1. The summed E-state index contributed by atoms with van der Waals surface area (Å²) in [6.45, 7) is 10.2. The number of amides is 1. The fraction of sp³-hybridized carbons (Fsp3) is 0.611. The maximum absolute atomic E-state index is 11.7. The lowest BCUT2D eigenvalue weighted by Gasteiger charge is -2.19. The van der Waals surface area contributed by atoms with E-state index in [0.717, 1.165) is 18.8 Å². The Hall–Kier alpha value is -1.75. The first-order valence-electron chi connectivity index (χ1n) is 8.34. The van der Waals surface area contributed by atoms with Gasteiger partial charge < -0.3 is 14.8 Å². The van der Waals surface area contributed by atoms with E-state index in [4.69, 9.17) is 9.47 Å². The largest absolute Gasteiger partial charge is 0.492 e. The molecule has 1 amide bonds. The molecule has 0 radical (unpaired) electrons. The molecule has 0 heterocycles. The van der Waals surface area contributed by atoms with E-state index in [9.17, 15) is 4.79 Å². The third kappa shape index (κ3) is 9.79. The Balaban J connectivity index is 2.24. The van der Waals surface area contributed by atoms with Crippen LogP contribution in [-0.4, -0.2) is 31.4 Å². The Morgan fingerprint density at radius 2 is 1.78 bits per heavy atom. The van der Waals surface area contributed by atoms with Crippen molar-refractivity contribution in [2.45, 2.75) is 52.6 Å². The second-order valence-electron chi connectivity index (χ2n) is 6.46. The van der Waals surface area contributed by atoms with Crippen molar-refractivity contribution >= 4 is 11.8 Å². The highest BCUT2D eigenvalue weighted by Gasteiger charge is 2.16. The molecule has 5 heteroatoms. The summed E-state index contributed by atoms with van der Waals surface area (Å²) in [7, 11) is 0. The summed E-state index contributed by atoms with van der Waals surface area (Å²) in [6.07, 6.45) is 3.26. The molecule has 1 rings (SSSR count). The minimum absolute atomic E-state index is 0.456. The number of benzene rings is 1. The van der Waals surface area contributed by atoms with Crippen molar-refractivity contribution in [3.8, 4) is 5.75 Å². The van der Waals surface area contributed by atoms with Crippen LogP contribution in [0.1, 0.15) is 47.0 Å². The number of rotatable bonds is 9. The van der Waals surface area contributed by atoms with Gasteiger partial charge in [0.1, 0.15) is 18.0 Å².